The number of phenols is 1. The molecule has 1 atom stereocenters. The minimum absolute atomic E-state index is 0.254. The molecule has 3 aromatic carbocycles. The number of aromatic hydroxyl groups is 1. The van der Waals surface area contributed by atoms with Gasteiger partial charge in [0.2, 0.25) is 17.7 Å². The first-order valence-corrected chi connectivity index (χ1v) is 23.3. The van der Waals surface area contributed by atoms with Gasteiger partial charge in [0.25, 0.3) is 0 Å². The van der Waals surface area contributed by atoms with Crippen molar-refractivity contribution in [2.45, 2.75) is 77.5 Å². The zero-order chi connectivity index (χ0) is 44.4. The van der Waals surface area contributed by atoms with Crippen LogP contribution in [0.1, 0.15) is 67.0 Å². The molecule has 1 fully saturated rings. The highest BCUT2D eigenvalue weighted by molar-refractivity contribution is 6.17. The van der Waals surface area contributed by atoms with E-state index < -0.39 is 0 Å². The zero-order valence-electron chi connectivity index (χ0n) is 37.7. The molecule has 6 aromatic rings. The molecule has 0 bridgehead atoms. The Balaban J connectivity index is 0.000000134. The third kappa shape index (κ3) is 11.9. The van der Waals surface area contributed by atoms with Crippen molar-refractivity contribution in [3.05, 3.63) is 107 Å². The third-order valence-corrected chi connectivity index (χ3v) is 12.4. The first kappa shape index (κ1) is 45.4. The summed E-state index contributed by atoms with van der Waals surface area (Å²) in [6, 6.07) is 23.6. The number of rotatable bonds is 12. The number of fused-ring (bicyclic) bond motifs is 3. The van der Waals surface area contributed by atoms with E-state index in [1.54, 1.807) is 12.1 Å². The molecule has 0 radical (unpaired) electrons. The summed E-state index contributed by atoms with van der Waals surface area (Å²) >= 11 is 5.63. The summed E-state index contributed by atoms with van der Waals surface area (Å²) in [5, 5.41) is 9.24. The second-order valence-electron chi connectivity index (χ2n) is 17.3. The smallest absolute Gasteiger partial charge is 0.226 e. The minimum atomic E-state index is 0.254. The first-order valence-electron chi connectivity index (χ1n) is 22.7. The van der Waals surface area contributed by atoms with Crippen molar-refractivity contribution >= 4 is 11.6 Å². The second kappa shape index (κ2) is 21.7. The van der Waals surface area contributed by atoms with E-state index in [4.69, 9.17) is 34.3 Å². The van der Waals surface area contributed by atoms with Crippen molar-refractivity contribution in [2.75, 3.05) is 73.0 Å². The average Bonchev–Trinajstić information content (AvgIpc) is 4.12. The van der Waals surface area contributed by atoms with Crippen LogP contribution in [0.15, 0.2) is 86.0 Å². The maximum atomic E-state index is 9.24. The van der Waals surface area contributed by atoms with Gasteiger partial charge in [0.15, 0.2) is 0 Å². The van der Waals surface area contributed by atoms with Gasteiger partial charge in [0.1, 0.15) is 34.5 Å². The molecule has 0 aliphatic carbocycles. The lowest BCUT2D eigenvalue weighted by Crippen LogP contribution is -2.28. The van der Waals surface area contributed by atoms with Gasteiger partial charge in [-0.25, -0.2) is 15.0 Å². The number of phenolic OH excluding ortho intramolecular Hbond substituents is 1. The normalized spacial score (nSPS) is 17.7. The van der Waals surface area contributed by atoms with Crippen molar-refractivity contribution in [1.82, 2.24) is 34.6 Å². The third-order valence-electron chi connectivity index (χ3n) is 12.2. The summed E-state index contributed by atoms with van der Waals surface area (Å²) in [5.41, 5.74) is 6.06. The number of aromatic nitrogens is 3. The first-order chi connectivity index (χ1) is 31.2. The number of alkyl halides is 1. The van der Waals surface area contributed by atoms with Crippen molar-refractivity contribution in [3.63, 3.8) is 0 Å². The number of halogens is 1. The number of ether oxygens (including phenoxy) is 2. The van der Waals surface area contributed by atoms with Crippen LogP contribution in [0.5, 0.6) is 17.2 Å². The zero-order valence-corrected chi connectivity index (χ0v) is 38.5. The number of nitrogens with zero attached hydrogens (tertiary/aromatic N) is 7. The van der Waals surface area contributed by atoms with E-state index in [1.165, 1.54) is 19.4 Å². The lowest BCUT2D eigenvalue weighted by Gasteiger charge is -2.20. The molecule has 3 aromatic heterocycles. The van der Waals surface area contributed by atoms with Gasteiger partial charge in [-0.1, -0.05) is 0 Å². The van der Waals surface area contributed by atoms with Crippen molar-refractivity contribution < 1.29 is 27.8 Å². The van der Waals surface area contributed by atoms with Crippen LogP contribution in [-0.2, 0) is 38.9 Å². The molecule has 64 heavy (non-hydrogen) atoms. The molecule has 1 saturated heterocycles. The number of likely N-dealkylation sites (tertiary alicyclic amines) is 1. The van der Waals surface area contributed by atoms with Gasteiger partial charge in [-0.05, 0) is 133 Å². The summed E-state index contributed by atoms with van der Waals surface area (Å²) in [6.45, 7) is 11.7. The van der Waals surface area contributed by atoms with Gasteiger partial charge in [0.05, 0.1) is 30.3 Å². The van der Waals surface area contributed by atoms with E-state index in [0.29, 0.717) is 24.3 Å². The van der Waals surface area contributed by atoms with Crippen molar-refractivity contribution in [1.29, 1.82) is 0 Å². The topological polar surface area (TPSA) is 130 Å². The van der Waals surface area contributed by atoms with Crippen LogP contribution in [0.4, 0.5) is 0 Å². The lowest BCUT2D eigenvalue weighted by atomic mass is 10.2. The highest BCUT2D eigenvalue weighted by atomic mass is 35.5. The fourth-order valence-corrected chi connectivity index (χ4v) is 8.49. The SMILES string of the molecule is CN1CCc2oc(-c3ccc(O)cc3)nc2C1.CN1CCc2oc(-c3ccc(OCCCCl)cc3)nc2C1.C[C@@H]1CCCN1CCCOc1ccc(-c2nc3c(o2)CCN(C)C3)cc1. The van der Waals surface area contributed by atoms with Crippen LogP contribution >= 0.6 is 11.6 Å². The molecular weight excluding hydrogens is 830 g/mol. The molecule has 13 nitrogen and oxygen atoms in total. The summed E-state index contributed by atoms with van der Waals surface area (Å²) in [6.07, 6.45) is 7.38. The van der Waals surface area contributed by atoms with Crippen LogP contribution in [0.2, 0.25) is 0 Å². The predicted molar refractivity (Wildman–Crippen MR) is 249 cm³/mol. The number of oxazole rings is 3. The molecule has 10 rings (SSSR count). The highest BCUT2D eigenvalue weighted by Crippen LogP contribution is 2.30. The van der Waals surface area contributed by atoms with Gasteiger partial charge in [-0.3, -0.25) is 14.7 Å². The highest BCUT2D eigenvalue weighted by Gasteiger charge is 2.23. The molecule has 0 unspecified atom stereocenters. The summed E-state index contributed by atoms with van der Waals surface area (Å²) < 4.78 is 29.1. The number of benzene rings is 3. The Hall–Kier alpha value is -5.18. The van der Waals surface area contributed by atoms with E-state index in [1.807, 2.05) is 60.7 Å². The molecule has 0 spiro atoms. The van der Waals surface area contributed by atoms with Crippen LogP contribution < -0.4 is 9.47 Å². The molecule has 340 valence electrons. The van der Waals surface area contributed by atoms with Gasteiger partial charge < -0.3 is 32.7 Å². The Bertz CT molecular complexity index is 2380. The maximum absolute atomic E-state index is 9.24. The van der Waals surface area contributed by atoms with E-state index >= 15 is 0 Å². The van der Waals surface area contributed by atoms with E-state index in [-0.39, 0.29) is 5.75 Å². The summed E-state index contributed by atoms with van der Waals surface area (Å²) in [7, 11) is 6.30. The Kier molecular flexibility index (Phi) is 15.4. The molecule has 14 heteroatoms. The second-order valence-corrected chi connectivity index (χ2v) is 17.7. The fourth-order valence-electron chi connectivity index (χ4n) is 8.38. The lowest BCUT2D eigenvalue weighted by molar-refractivity contribution is 0.230. The number of hydrogen-bond acceptors (Lipinski definition) is 13. The maximum Gasteiger partial charge on any atom is 0.226 e. The van der Waals surface area contributed by atoms with E-state index in [9.17, 15) is 5.11 Å². The van der Waals surface area contributed by atoms with Crippen molar-refractivity contribution in [2.24, 2.45) is 0 Å². The molecule has 1 N–H and O–H groups in total. The van der Waals surface area contributed by atoms with Gasteiger partial charge in [-0.15, -0.1) is 11.6 Å². The summed E-state index contributed by atoms with van der Waals surface area (Å²) in [4.78, 5) is 23.1. The molecule has 0 saturated carbocycles. The quantitative estimate of drug-likeness (QED) is 0.0928. The van der Waals surface area contributed by atoms with Crippen molar-refractivity contribution in [3.8, 4) is 51.6 Å². The van der Waals surface area contributed by atoms with Gasteiger partial charge in [-0.2, -0.15) is 0 Å². The van der Waals surface area contributed by atoms with Gasteiger partial charge >= 0.3 is 0 Å². The Morgan fingerprint density at radius 2 is 1.00 bits per heavy atom. The van der Waals surface area contributed by atoms with E-state index in [0.717, 1.165) is 159 Å². The Morgan fingerprint density at radius 1 is 0.594 bits per heavy atom. The van der Waals surface area contributed by atoms with Crippen LogP contribution in [0, 0.1) is 0 Å². The largest absolute Gasteiger partial charge is 0.508 e. The molecule has 4 aliphatic rings. The molecular formula is C50H62ClN7O6. The standard InChI is InChI=1S/C21H29N3O2.C16H19ClN2O2.C13H14N2O2/c1-16-5-3-11-24(16)12-4-14-25-18-8-6-17(7-9-18)21-22-19-15-23(2)13-10-20(19)26-21;1-19-9-7-15-14(11-19)18-16(21-15)12-3-5-13(6-4-12)20-10-2-8-17;1-15-7-6-12-11(8-15)14-13(17-12)9-2-4-10(16)5-3-9/h6-9,16H,3-5,10-15H2,1-2H3;3-6H,2,7-11H2,1H3;2-5,16H,6-8H2,1H3/t16-;;/m1../s1. The molecule has 7 heterocycles. The number of likely N-dealkylation sites (N-methyl/N-ethyl adjacent to an activating group) is 3. The predicted octanol–water partition coefficient (Wildman–Crippen LogP) is 8.96. The van der Waals surface area contributed by atoms with Crippen LogP contribution in [0.25, 0.3) is 34.4 Å². The molecule has 4 aliphatic heterocycles. The Labute approximate surface area is 382 Å². The van der Waals surface area contributed by atoms with Crippen LogP contribution in [-0.4, -0.2) is 119 Å². The van der Waals surface area contributed by atoms with Crippen LogP contribution in [0.3, 0.4) is 0 Å². The average molecular weight is 893 g/mol. The monoisotopic (exact) mass is 891 g/mol. The minimum Gasteiger partial charge on any atom is -0.508 e. The van der Waals surface area contributed by atoms with E-state index in [2.05, 4.69) is 62.6 Å². The molecule has 0 amide bonds. The Morgan fingerprint density at radius 3 is 1.39 bits per heavy atom. The van der Waals surface area contributed by atoms with Gasteiger partial charge in [0, 0.05) is 93.7 Å². The number of hydrogen-bond donors (Lipinski definition) is 1. The fraction of sp³-hybridized carbons (Fsp3) is 0.460. The summed E-state index contributed by atoms with van der Waals surface area (Å²) in [5.74, 6) is 7.75.